The molecule has 4 N–H and O–H groups in total. The minimum Gasteiger partial charge on any atom is -0.409 e. The first-order valence-corrected chi connectivity index (χ1v) is 6.10. The fraction of sp³-hybridized carbons (Fsp3) is 0.500. The van der Waals surface area contributed by atoms with Crippen molar-refractivity contribution in [3.05, 3.63) is 22.6 Å². The zero-order valence-corrected chi connectivity index (χ0v) is 10.6. The monoisotopic (exact) mass is 256 g/mol. The van der Waals surface area contributed by atoms with E-state index in [0.717, 1.165) is 5.75 Å². The van der Waals surface area contributed by atoms with E-state index in [0.29, 0.717) is 11.6 Å². The molecular weight excluding hydrogens is 240 g/mol. The van der Waals surface area contributed by atoms with Crippen molar-refractivity contribution in [1.29, 1.82) is 0 Å². The number of hydrogen-bond donors (Lipinski definition) is 3. The van der Waals surface area contributed by atoms with Crippen LogP contribution in [0.15, 0.2) is 27.4 Å². The van der Waals surface area contributed by atoms with Crippen LogP contribution in [0.1, 0.15) is 20.3 Å². The number of H-pyrrole nitrogens is 1. The molecule has 1 aromatic heterocycles. The highest BCUT2D eigenvalue weighted by Crippen LogP contribution is 2.24. The Hall–Kier alpha value is -1.50. The van der Waals surface area contributed by atoms with Crippen LogP contribution in [-0.2, 0) is 0 Å². The topological polar surface area (TPSA) is 104 Å². The fourth-order valence-corrected chi connectivity index (χ4v) is 2.21. The molecule has 1 aromatic rings. The van der Waals surface area contributed by atoms with Crippen LogP contribution in [-0.4, -0.2) is 26.8 Å². The predicted molar refractivity (Wildman–Crippen MR) is 67.4 cm³/mol. The zero-order chi connectivity index (χ0) is 12.9. The maximum Gasteiger partial charge on any atom is 0.251 e. The van der Waals surface area contributed by atoms with Gasteiger partial charge in [-0.3, -0.25) is 4.79 Å². The summed E-state index contributed by atoms with van der Waals surface area (Å²) in [5.74, 6) is 0.920. The number of nitrogens with two attached hydrogens (primary N) is 1. The zero-order valence-electron chi connectivity index (χ0n) is 9.80. The summed E-state index contributed by atoms with van der Waals surface area (Å²) in [6, 6.07) is 1.37. The Morgan fingerprint density at radius 2 is 2.41 bits per heavy atom. The third kappa shape index (κ3) is 4.10. The largest absolute Gasteiger partial charge is 0.409 e. The molecule has 6 nitrogen and oxygen atoms in total. The number of nitrogens with one attached hydrogen (secondary N) is 1. The van der Waals surface area contributed by atoms with Crippen molar-refractivity contribution in [1.82, 2.24) is 9.97 Å². The summed E-state index contributed by atoms with van der Waals surface area (Å²) in [6.45, 7) is 3.79. The van der Waals surface area contributed by atoms with E-state index in [9.17, 15) is 4.79 Å². The molecule has 17 heavy (non-hydrogen) atoms. The SMILES string of the molecule is CC(C)(CCSc1nccc(=O)[nH]1)C(N)=NO. The quantitative estimate of drug-likeness (QED) is 0.182. The van der Waals surface area contributed by atoms with Gasteiger partial charge in [-0.05, 0) is 6.42 Å². The van der Waals surface area contributed by atoms with E-state index in [1.165, 1.54) is 24.0 Å². The van der Waals surface area contributed by atoms with Gasteiger partial charge in [0.1, 0.15) is 5.84 Å². The van der Waals surface area contributed by atoms with Gasteiger partial charge >= 0.3 is 0 Å². The van der Waals surface area contributed by atoms with E-state index in [4.69, 9.17) is 10.9 Å². The predicted octanol–water partition coefficient (Wildman–Crippen LogP) is 1.02. The molecule has 0 aromatic carbocycles. The standard InChI is InChI=1S/C10H16N4O2S/c1-10(2,8(11)14-16)4-6-17-9-12-5-3-7(15)13-9/h3,5,16H,4,6H2,1-2H3,(H2,11,14)(H,12,13,15). The Balaban J connectivity index is 2.51. The Bertz CT molecular complexity index is 456. The van der Waals surface area contributed by atoms with Crippen molar-refractivity contribution in [3.63, 3.8) is 0 Å². The number of amidine groups is 1. The van der Waals surface area contributed by atoms with Crippen LogP contribution in [0.5, 0.6) is 0 Å². The van der Waals surface area contributed by atoms with Gasteiger partial charge in [0, 0.05) is 23.4 Å². The summed E-state index contributed by atoms with van der Waals surface area (Å²) in [6.07, 6.45) is 2.18. The van der Waals surface area contributed by atoms with E-state index < -0.39 is 0 Å². The van der Waals surface area contributed by atoms with E-state index in [1.807, 2.05) is 13.8 Å². The summed E-state index contributed by atoms with van der Waals surface area (Å²) >= 11 is 1.43. The Kier molecular flexibility index (Phi) is 4.56. The highest BCUT2D eigenvalue weighted by atomic mass is 32.2. The Labute approximate surface area is 103 Å². The van der Waals surface area contributed by atoms with Crippen LogP contribution in [0, 0.1) is 5.41 Å². The molecule has 1 heterocycles. The summed E-state index contributed by atoms with van der Waals surface area (Å²) in [4.78, 5) is 17.7. The van der Waals surface area contributed by atoms with Gasteiger partial charge < -0.3 is 15.9 Å². The first-order valence-electron chi connectivity index (χ1n) is 5.12. The van der Waals surface area contributed by atoms with E-state index >= 15 is 0 Å². The van der Waals surface area contributed by atoms with Gasteiger partial charge in [-0.1, -0.05) is 30.8 Å². The van der Waals surface area contributed by atoms with Gasteiger partial charge in [-0.2, -0.15) is 0 Å². The first kappa shape index (κ1) is 13.6. The van der Waals surface area contributed by atoms with Crippen LogP contribution in [0.25, 0.3) is 0 Å². The molecule has 0 saturated carbocycles. The molecule has 0 aliphatic rings. The van der Waals surface area contributed by atoms with Crippen molar-refractivity contribution in [2.24, 2.45) is 16.3 Å². The van der Waals surface area contributed by atoms with Gasteiger partial charge in [0.2, 0.25) is 0 Å². The summed E-state index contributed by atoms with van der Waals surface area (Å²) in [7, 11) is 0. The lowest BCUT2D eigenvalue weighted by molar-refractivity contribution is 0.307. The molecule has 0 unspecified atom stereocenters. The number of thioether (sulfide) groups is 1. The van der Waals surface area contributed by atoms with Crippen molar-refractivity contribution >= 4 is 17.6 Å². The average molecular weight is 256 g/mol. The molecule has 0 amide bonds. The second-order valence-electron chi connectivity index (χ2n) is 4.21. The number of aromatic nitrogens is 2. The number of oxime groups is 1. The lowest BCUT2D eigenvalue weighted by atomic mass is 9.89. The molecule has 0 radical (unpaired) electrons. The van der Waals surface area contributed by atoms with Crippen molar-refractivity contribution in [3.8, 4) is 0 Å². The van der Waals surface area contributed by atoms with E-state index in [-0.39, 0.29) is 16.8 Å². The van der Waals surface area contributed by atoms with Crippen LogP contribution < -0.4 is 11.3 Å². The van der Waals surface area contributed by atoms with E-state index in [2.05, 4.69) is 15.1 Å². The molecule has 0 saturated heterocycles. The molecular formula is C10H16N4O2S. The highest BCUT2D eigenvalue weighted by molar-refractivity contribution is 7.99. The summed E-state index contributed by atoms with van der Waals surface area (Å²) in [5.41, 5.74) is 5.03. The molecule has 7 heteroatoms. The summed E-state index contributed by atoms with van der Waals surface area (Å²) < 4.78 is 0. The van der Waals surface area contributed by atoms with Crippen LogP contribution in [0.3, 0.4) is 0 Å². The number of aromatic amines is 1. The normalized spacial score (nSPS) is 12.7. The third-order valence-corrected chi connectivity index (χ3v) is 3.30. The maximum atomic E-state index is 11.0. The second-order valence-corrected chi connectivity index (χ2v) is 5.29. The molecule has 0 atom stereocenters. The Morgan fingerprint density at radius 1 is 1.71 bits per heavy atom. The molecule has 0 bridgehead atoms. The second kappa shape index (κ2) is 5.72. The van der Waals surface area contributed by atoms with Gasteiger partial charge in [0.05, 0.1) is 0 Å². The number of nitrogens with zero attached hydrogens (tertiary/aromatic N) is 2. The Morgan fingerprint density at radius 3 is 3.00 bits per heavy atom. The molecule has 0 aliphatic carbocycles. The average Bonchev–Trinajstić information content (AvgIpc) is 2.27. The van der Waals surface area contributed by atoms with Crippen molar-refractivity contribution in [2.45, 2.75) is 25.4 Å². The molecule has 1 rings (SSSR count). The van der Waals surface area contributed by atoms with Gasteiger partial charge in [0.15, 0.2) is 5.16 Å². The van der Waals surface area contributed by atoms with Crippen LogP contribution >= 0.6 is 11.8 Å². The lowest BCUT2D eigenvalue weighted by Crippen LogP contribution is -2.32. The fourth-order valence-electron chi connectivity index (χ4n) is 1.09. The third-order valence-electron chi connectivity index (χ3n) is 2.41. The van der Waals surface area contributed by atoms with Crippen LogP contribution in [0.2, 0.25) is 0 Å². The van der Waals surface area contributed by atoms with Crippen molar-refractivity contribution < 1.29 is 5.21 Å². The minimum absolute atomic E-state index is 0.168. The van der Waals surface area contributed by atoms with Gasteiger partial charge in [-0.25, -0.2) is 4.98 Å². The van der Waals surface area contributed by atoms with E-state index in [1.54, 1.807) is 0 Å². The molecule has 0 fully saturated rings. The minimum atomic E-state index is -0.378. The van der Waals surface area contributed by atoms with Gasteiger partial charge in [0.25, 0.3) is 5.56 Å². The molecule has 0 spiro atoms. The lowest BCUT2D eigenvalue weighted by Gasteiger charge is -2.21. The molecule has 94 valence electrons. The van der Waals surface area contributed by atoms with Gasteiger partial charge in [-0.15, -0.1) is 0 Å². The van der Waals surface area contributed by atoms with Crippen molar-refractivity contribution in [2.75, 3.05) is 5.75 Å². The summed E-state index contributed by atoms with van der Waals surface area (Å²) in [5, 5.41) is 12.2. The smallest absolute Gasteiger partial charge is 0.251 e. The maximum absolute atomic E-state index is 11.0. The first-order chi connectivity index (χ1) is 7.95. The highest BCUT2D eigenvalue weighted by Gasteiger charge is 2.23. The molecule has 0 aliphatic heterocycles. The van der Waals surface area contributed by atoms with Crippen LogP contribution in [0.4, 0.5) is 0 Å². The number of rotatable bonds is 5. The number of hydrogen-bond acceptors (Lipinski definition) is 5.